The van der Waals surface area contributed by atoms with Crippen LogP contribution in [0.3, 0.4) is 0 Å². The van der Waals surface area contributed by atoms with Crippen LogP contribution in [0.15, 0.2) is 83.3 Å². The third kappa shape index (κ3) is 4.80. The van der Waals surface area contributed by atoms with E-state index < -0.39 is 0 Å². The fourth-order valence-electron chi connectivity index (χ4n) is 2.90. The van der Waals surface area contributed by atoms with Crippen molar-refractivity contribution in [1.29, 1.82) is 0 Å². The quantitative estimate of drug-likeness (QED) is 0.633. The molecule has 0 saturated carbocycles. The molecule has 1 amide bonds. The molecule has 126 valence electrons. The summed E-state index contributed by atoms with van der Waals surface area (Å²) in [5.74, 6) is 0.00783. The number of hydrogen-bond donors (Lipinski definition) is 1. The Balaban J connectivity index is 1.84. The van der Waals surface area contributed by atoms with Crippen molar-refractivity contribution in [1.82, 2.24) is 5.32 Å². The molecular formula is C22H20BrNO. The lowest BCUT2D eigenvalue weighted by atomic mass is 9.97. The maximum atomic E-state index is 12.6. The SMILES string of the molecule is Cc1cccc(C(NC(=O)Cc2cccc(Br)c2)c2ccccc2)c1. The first-order chi connectivity index (χ1) is 12.1. The summed E-state index contributed by atoms with van der Waals surface area (Å²) in [6.45, 7) is 2.06. The number of amides is 1. The van der Waals surface area contributed by atoms with Gasteiger partial charge in [-0.25, -0.2) is 0 Å². The van der Waals surface area contributed by atoms with Gasteiger partial charge in [-0.15, -0.1) is 0 Å². The molecule has 3 heteroatoms. The zero-order valence-electron chi connectivity index (χ0n) is 14.1. The molecule has 0 spiro atoms. The van der Waals surface area contributed by atoms with E-state index in [2.05, 4.69) is 46.4 Å². The molecule has 0 aliphatic rings. The van der Waals surface area contributed by atoms with Gasteiger partial charge < -0.3 is 5.32 Å². The number of nitrogens with one attached hydrogen (secondary N) is 1. The van der Waals surface area contributed by atoms with Gasteiger partial charge in [0.25, 0.3) is 0 Å². The maximum Gasteiger partial charge on any atom is 0.225 e. The molecule has 0 fully saturated rings. The van der Waals surface area contributed by atoms with Crippen LogP contribution in [0.4, 0.5) is 0 Å². The van der Waals surface area contributed by atoms with Gasteiger partial charge in [0.15, 0.2) is 0 Å². The van der Waals surface area contributed by atoms with Gasteiger partial charge in [-0.3, -0.25) is 4.79 Å². The van der Waals surface area contributed by atoms with E-state index in [9.17, 15) is 4.79 Å². The number of halogens is 1. The highest BCUT2D eigenvalue weighted by atomic mass is 79.9. The molecule has 0 bridgehead atoms. The molecule has 0 aliphatic heterocycles. The number of rotatable bonds is 5. The normalized spacial score (nSPS) is 11.8. The summed E-state index contributed by atoms with van der Waals surface area (Å²) in [6, 6.07) is 26.1. The first-order valence-corrected chi connectivity index (χ1v) is 9.06. The van der Waals surface area contributed by atoms with Gasteiger partial charge in [-0.2, -0.15) is 0 Å². The van der Waals surface area contributed by atoms with Crippen molar-refractivity contribution in [2.45, 2.75) is 19.4 Å². The summed E-state index contributed by atoms with van der Waals surface area (Å²) in [4.78, 5) is 12.6. The predicted octanol–water partition coefficient (Wildman–Crippen LogP) is 5.21. The fourth-order valence-corrected chi connectivity index (χ4v) is 3.35. The molecule has 0 aromatic heterocycles. The summed E-state index contributed by atoms with van der Waals surface area (Å²) in [7, 11) is 0. The Hall–Kier alpha value is -2.39. The fraction of sp³-hybridized carbons (Fsp3) is 0.136. The zero-order chi connectivity index (χ0) is 17.6. The number of carbonyl (C=O) groups is 1. The van der Waals surface area contributed by atoms with Crippen LogP contribution >= 0.6 is 15.9 Å². The molecule has 0 radical (unpaired) electrons. The molecule has 2 nitrogen and oxygen atoms in total. The van der Waals surface area contributed by atoms with Crippen molar-refractivity contribution < 1.29 is 4.79 Å². The summed E-state index contributed by atoms with van der Waals surface area (Å²) < 4.78 is 0.982. The molecule has 0 saturated heterocycles. The van der Waals surface area contributed by atoms with E-state index in [1.807, 2.05) is 60.7 Å². The monoisotopic (exact) mass is 393 g/mol. The van der Waals surface area contributed by atoms with E-state index in [-0.39, 0.29) is 11.9 Å². The van der Waals surface area contributed by atoms with Crippen molar-refractivity contribution in [3.8, 4) is 0 Å². The summed E-state index contributed by atoms with van der Waals surface area (Å²) in [5.41, 5.74) is 4.34. The lowest BCUT2D eigenvalue weighted by molar-refractivity contribution is -0.120. The number of hydrogen-bond acceptors (Lipinski definition) is 1. The Morgan fingerprint density at radius 1 is 0.920 bits per heavy atom. The number of benzene rings is 3. The Morgan fingerprint density at radius 2 is 1.64 bits per heavy atom. The highest BCUT2D eigenvalue weighted by molar-refractivity contribution is 9.10. The standard InChI is InChI=1S/C22H20BrNO/c1-16-7-5-11-19(13-16)22(18-9-3-2-4-10-18)24-21(25)15-17-8-6-12-20(23)14-17/h2-14,22H,15H2,1H3,(H,24,25). The van der Waals surface area contributed by atoms with Crippen molar-refractivity contribution in [3.05, 3.63) is 106 Å². The molecular weight excluding hydrogens is 374 g/mol. The number of aryl methyl sites for hydroxylation is 1. The van der Waals surface area contributed by atoms with Gasteiger partial charge >= 0.3 is 0 Å². The van der Waals surface area contributed by atoms with Gasteiger partial charge in [-0.05, 0) is 35.7 Å². The smallest absolute Gasteiger partial charge is 0.225 e. The van der Waals surface area contributed by atoms with Crippen molar-refractivity contribution >= 4 is 21.8 Å². The predicted molar refractivity (Wildman–Crippen MR) is 105 cm³/mol. The first kappa shape index (κ1) is 17.4. The Morgan fingerprint density at radius 3 is 2.36 bits per heavy atom. The van der Waals surface area contributed by atoms with Crippen LogP contribution < -0.4 is 5.32 Å². The van der Waals surface area contributed by atoms with Gasteiger partial charge in [0.1, 0.15) is 0 Å². The lowest BCUT2D eigenvalue weighted by Gasteiger charge is -2.20. The Bertz CT molecular complexity index is 861. The van der Waals surface area contributed by atoms with Crippen LogP contribution in [0, 0.1) is 6.92 Å². The Labute approximate surface area is 157 Å². The average molecular weight is 394 g/mol. The second kappa shape index (κ2) is 8.13. The first-order valence-electron chi connectivity index (χ1n) is 8.27. The van der Waals surface area contributed by atoms with Crippen LogP contribution in [-0.4, -0.2) is 5.91 Å². The van der Waals surface area contributed by atoms with Crippen LogP contribution in [0.25, 0.3) is 0 Å². The largest absolute Gasteiger partial charge is 0.345 e. The topological polar surface area (TPSA) is 29.1 Å². The minimum absolute atomic E-state index is 0.00783. The van der Waals surface area contributed by atoms with E-state index in [4.69, 9.17) is 0 Å². The average Bonchev–Trinajstić information content (AvgIpc) is 2.60. The van der Waals surface area contributed by atoms with Gasteiger partial charge in [-0.1, -0.05) is 88.2 Å². The molecule has 1 atom stereocenters. The zero-order valence-corrected chi connectivity index (χ0v) is 15.7. The van der Waals surface area contributed by atoms with Gasteiger partial charge in [0.05, 0.1) is 12.5 Å². The van der Waals surface area contributed by atoms with Crippen molar-refractivity contribution in [2.24, 2.45) is 0 Å². The maximum absolute atomic E-state index is 12.6. The van der Waals surface area contributed by atoms with E-state index >= 15 is 0 Å². The van der Waals surface area contributed by atoms with Gasteiger partial charge in [0.2, 0.25) is 5.91 Å². The van der Waals surface area contributed by atoms with E-state index in [1.165, 1.54) is 5.56 Å². The molecule has 1 N–H and O–H groups in total. The second-order valence-electron chi connectivity index (χ2n) is 6.13. The molecule has 25 heavy (non-hydrogen) atoms. The second-order valence-corrected chi connectivity index (χ2v) is 7.05. The highest BCUT2D eigenvalue weighted by Crippen LogP contribution is 2.23. The van der Waals surface area contributed by atoms with Crippen LogP contribution in [0.2, 0.25) is 0 Å². The van der Waals surface area contributed by atoms with E-state index in [0.717, 1.165) is 21.2 Å². The van der Waals surface area contributed by atoms with Crippen LogP contribution in [0.1, 0.15) is 28.3 Å². The number of carbonyl (C=O) groups excluding carboxylic acids is 1. The minimum Gasteiger partial charge on any atom is -0.345 e. The van der Waals surface area contributed by atoms with Crippen LogP contribution in [0.5, 0.6) is 0 Å². The lowest BCUT2D eigenvalue weighted by Crippen LogP contribution is -2.30. The minimum atomic E-state index is -0.152. The summed E-state index contributed by atoms with van der Waals surface area (Å²) >= 11 is 3.45. The molecule has 3 rings (SSSR count). The third-order valence-electron chi connectivity index (χ3n) is 4.07. The van der Waals surface area contributed by atoms with Crippen LogP contribution in [-0.2, 0) is 11.2 Å². The molecule has 1 unspecified atom stereocenters. The molecule has 0 heterocycles. The van der Waals surface area contributed by atoms with E-state index in [0.29, 0.717) is 6.42 Å². The van der Waals surface area contributed by atoms with E-state index in [1.54, 1.807) is 0 Å². The Kier molecular flexibility index (Phi) is 5.67. The van der Waals surface area contributed by atoms with Gasteiger partial charge in [0, 0.05) is 4.47 Å². The summed E-state index contributed by atoms with van der Waals surface area (Å²) in [5, 5.41) is 3.19. The molecule has 3 aromatic carbocycles. The third-order valence-corrected chi connectivity index (χ3v) is 4.56. The highest BCUT2D eigenvalue weighted by Gasteiger charge is 2.17. The summed E-state index contributed by atoms with van der Waals surface area (Å²) in [6.07, 6.45) is 0.356. The van der Waals surface area contributed by atoms with Crippen molar-refractivity contribution in [2.75, 3.05) is 0 Å². The molecule has 0 aliphatic carbocycles. The molecule has 3 aromatic rings. The van der Waals surface area contributed by atoms with Crippen molar-refractivity contribution in [3.63, 3.8) is 0 Å².